The number of fused-ring (bicyclic) bond motifs is 1. The molecule has 202 valence electrons. The van der Waals surface area contributed by atoms with Gasteiger partial charge in [-0.25, -0.2) is 0 Å². The van der Waals surface area contributed by atoms with Gasteiger partial charge in [0.25, 0.3) is 11.8 Å². The van der Waals surface area contributed by atoms with Gasteiger partial charge >= 0.3 is 6.18 Å². The second-order valence-electron chi connectivity index (χ2n) is 9.16. The molecule has 0 aliphatic rings. The van der Waals surface area contributed by atoms with Gasteiger partial charge in [-0.05, 0) is 60.2 Å². The standard InChI is InChI=1S/C28H24ClF3N4O3/c1-15(2)25(37)33-14-16-3-10-22(29)21(11-16)26(38)35-20-7-4-17-12-24(36-23(17)13-20)27(39)34-19-8-5-18(6-9-19)28(30,31)32/h3-13,15,36H,14H2,1-2H3,(H,33,37)(H,34,39)(H,35,38). The minimum atomic E-state index is -4.47. The first-order valence-corrected chi connectivity index (χ1v) is 12.3. The van der Waals surface area contributed by atoms with Gasteiger partial charge in [-0.15, -0.1) is 0 Å². The Morgan fingerprint density at radius 3 is 2.21 bits per heavy atom. The lowest BCUT2D eigenvalue weighted by Crippen LogP contribution is -2.27. The van der Waals surface area contributed by atoms with E-state index in [0.717, 1.165) is 12.1 Å². The highest BCUT2D eigenvalue weighted by Crippen LogP contribution is 2.30. The Labute approximate surface area is 226 Å². The number of alkyl halides is 3. The molecule has 3 aromatic carbocycles. The van der Waals surface area contributed by atoms with Crippen molar-refractivity contribution in [2.24, 2.45) is 5.92 Å². The third-order valence-corrected chi connectivity index (χ3v) is 6.19. The molecule has 0 radical (unpaired) electrons. The van der Waals surface area contributed by atoms with Gasteiger partial charge < -0.3 is 20.9 Å². The monoisotopic (exact) mass is 556 g/mol. The molecule has 7 nitrogen and oxygen atoms in total. The number of aromatic nitrogens is 1. The number of nitrogens with one attached hydrogen (secondary N) is 4. The van der Waals surface area contributed by atoms with Crippen molar-refractivity contribution in [3.8, 4) is 0 Å². The maximum Gasteiger partial charge on any atom is 0.416 e. The van der Waals surface area contributed by atoms with E-state index in [9.17, 15) is 27.6 Å². The highest BCUT2D eigenvalue weighted by molar-refractivity contribution is 6.34. The fourth-order valence-electron chi connectivity index (χ4n) is 3.72. The molecule has 4 aromatic rings. The Hall–Kier alpha value is -4.31. The van der Waals surface area contributed by atoms with Crippen LogP contribution in [0.25, 0.3) is 10.9 Å². The summed E-state index contributed by atoms with van der Waals surface area (Å²) in [6.07, 6.45) is -4.47. The second-order valence-corrected chi connectivity index (χ2v) is 9.56. The SMILES string of the molecule is CC(C)C(=O)NCc1ccc(Cl)c(C(=O)Nc2ccc3cc(C(=O)Nc4ccc(C(F)(F)F)cc4)[nH]c3c2)c1. The topological polar surface area (TPSA) is 103 Å². The maximum absolute atomic E-state index is 12.9. The summed E-state index contributed by atoms with van der Waals surface area (Å²) in [5.41, 5.74) is 1.53. The summed E-state index contributed by atoms with van der Waals surface area (Å²) in [5, 5.41) is 9.05. The molecule has 0 fully saturated rings. The van der Waals surface area contributed by atoms with E-state index in [0.29, 0.717) is 22.2 Å². The molecular formula is C28H24ClF3N4O3. The van der Waals surface area contributed by atoms with Gasteiger partial charge in [0, 0.05) is 34.7 Å². The van der Waals surface area contributed by atoms with Gasteiger partial charge in [0.15, 0.2) is 0 Å². The Bertz CT molecular complexity index is 1550. The number of carbonyl (C=O) groups excluding carboxylic acids is 3. The van der Waals surface area contributed by atoms with E-state index in [1.54, 1.807) is 56.3 Å². The van der Waals surface area contributed by atoms with E-state index in [-0.39, 0.29) is 40.3 Å². The highest BCUT2D eigenvalue weighted by Gasteiger charge is 2.30. The lowest BCUT2D eigenvalue weighted by molar-refractivity contribution is -0.137. The molecule has 39 heavy (non-hydrogen) atoms. The van der Waals surface area contributed by atoms with Crippen LogP contribution in [0.15, 0.2) is 66.7 Å². The molecule has 0 atom stereocenters. The van der Waals surface area contributed by atoms with Crippen LogP contribution in [0.3, 0.4) is 0 Å². The summed E-state index contributed by atoms with van der Waals surface area (Å²) in [6, 6.07) is 15.6. The van der Waals surface area contributed by atoms with Crippen molar-refractivity contribution < 1.29 is 27.6 Å². The van der Waals surface area contributed by atoms with Gasteiger partial charge in [-0.3, -0.25) is 14.4 Å². The number of amides is 3. The fourth-order valence-corrected chi connectivity index (χ4v) is 3.92. The third-order valence-electron chi connectivity index (χ3n) is 5.86. The number of hydrogen-bond acceptors (Lipinski definition) is 3. The smallest absolute Gasteiger partial charge is 0.352 e. The number of H-pyrrole nitrogens is 1. The summed E-state index contributed by atoms with van der Waals surface area (Å²) in [6.45, 7) is 3.82. The molecule has 1 heterocycles. The Morgan fingerprint density at radius 2 is 1.54 bits per heavy atom. The minimum Gasteiger partial charge on any atom is -0.352 e. The number of hydrogen-bond donors (Lipinski definition) is 4. The van der Waals surface area contributed by atoms with Crippen LogP contribution in [-0.4, -0.2) is 22.7 Å². The summed E-state index contributed by atoms with van der Waals surface area (Å²) in [4.78, 5) is 40.4. The summed E-state index contributed by atoms with van der Waals surface area (Å²) in [7, 11) is 0. The molecule has 0 bridgehead atoms. The predicted molar refractivity (Wildman–Crippen MR) is 144 cm³/mol. The first kappa shape index (κ1) is 27.7. The largest absolute Gasteiger partial charge is 0.416 e. The molecular weight excluding hydrogens is 533 g/mol. The van der Waals surface area contributed by atoms with Gasteiger partial charge in [0.2, 0.25) is 5.91 Å². The Morgan fingerprint density at radius 1 is 0.872 bits per heavy atom. The molecule has 4 N–H and O–H groups in total. The molecule has 0 saturated carbocycles. The van der Waals surface area contributed by atoms with Crippen molar-refractivity contribution >= 4 is 51.6 Å². The van der Waals surface area contributed by atoms with E-state index in [4.69, 9.17) is 11.6 Å². The second kappa shape index (κ2) is 11.2. The van der Waals surface area contributed by atoms with Crippen LogP contribution >= 0.6 is 11.6 Å². The zero-order chi connectivity index (χ0) is 28.3. The molecule has 0 aliphatic heterocycles. The highest BCUT2D eigenvalue weighted by atomic mass is 35.5. The summed E-state index contributed by atoms with van der Waals surface area (Å²) >= 11 is 6.25. The Kier molecular flexibility index (Phi) is 7.96. The quantitative estimate of drug-likeness (QED) is 0.206. The first-order chi connectivity index (χ1) is 18.4. The zero-order valence-electron chi connectivity index (χ0n) is 20.9. The van der Waals surface area contributed by atoms with Crippen LogP contribution in [0.1, 0.15) is 45.8 Å². The maximum atomic E-state index is 12.9. The van der Waals surface area contributed by atoms with Gasteiger partial charge in [-0.1, -0.05) is 37.6 Å². The van der Waals surface area contributed by atoms with E-state index in [1.165, 1.54) is 12.1 Å². The third kappa shape index (κ3) is 6.77. The van der Waals surface area contributed by atoms with Crippen LogP contribution in [0.2, 0.25) is 5.02 Å². The molecule has 0 spiro atoms. The van der Waals surface area contributed by atoms with Crippen LogP contribution in [-0.2, 0) is 17.5 Å². The minimum absolute atomic E-state index is 0.109. The Balaban J connectivity index is 1.45. The van der Waals surface area contributed by atoms with Crippen LogP contribution < -0.4 is 16.0 Å². The number of benzene rings is 3. The molecule has 11 heteroatoms. The fraction of sp³-hybridized carbons (Fsp3) is 0.179. The number of halogens is 4. The van der Waals surface area contributed by atoms with E-state index < -0.39 is 23.6 Å². The predicted octanol–water partition coefficient (Wildman–Crippen LogP) is 6.62. The molecule has 0 unspecified atom stereocenters. The van der Waals surface area contributed by atoms with E-state index >= 15 is 0 Å². The van der Waals surface area contributed by atoms with Crippen LogP contribution in [0.5, 0.6) is 0 Å². The van der Waals surface area contributed by atoms with Gasteiger partial charge in [0.1, 0.15) is 5.69 Å². The van der Waals surface area contributed by atoms with Crippen LogP contribution in [0, 0.1) is 5.92 Å². The molecule has 3 amide bonds. The average Bonchev–Trinajstić information content (AvgIpc) is 3.31. The number of rotatable bonds is 7. The normalized spacial score (nSPS) is 11.5. The molecule has 4 rings (SSSR count). The van der Waals surface area contributed by atoms with Gasteiger partial charge in [-0.2, -0.15) is 13.2 Å². The van der Waals surface area contributed by atoms with E-state index in [2.05, 4.69) is 20.9 Å². The lowest BCUT2D eigenvalue weighted by Gasteiger charge is -2.11. The number of carbonyl (C=O) groups is 3. The summed E-state index contributed by atoms with van der Waals surface area (Å²) < 4.78 is 38.3. The van der Waals surface area contributed by atoms with Crippen molar-refractivity contribution in [3.63, 3.8) is 0 Å². The van der Waals surface area contributed by atoms with Crippen molar-refractivity contribution in [1.82, 2.24) is 10.3 Å². The number of anilines is 2. The number of aromatic amines is 1. The van der Waals surface area contributed by atoms with Crippen LogP contribution in [0.4, 0.5) is 24.5 Å². The molecule has 0 aliphatic carbocycles. The van der Waals surface area contributed by atoms with Crippen molar-refractivity contribution in [3.05, 3.63) is 94.1 Å². The van der Waals surface area contributed by atoms with E-state index in [1.807, 2.05) is 0 Å². The van der Waals surface area contributed by atoms with Gasteiger partial charge in [0.05, 0.1) is 16.1 Å². The van der Waals surface area contributed by atoms with Crippen molar-refractivity contribution in [2.75, 3.05) is 10.6 Å². The van der Waals surface area contributed by atoms with Crippen molar-refractivity contribution in [2.45, 2.75) is 26.6 Å². The van der Waals surface area contributed by atoms with Crippen molar-refractivity contribution in [1.29, 1.82) is 0 Å². The first-order valence-electron chi connectivity index (χ1n) is 11.9. The lowest BCUT2D eigenvalue weighted by atomic mass is 10.1. The average molecular weight is 557 g/mol. The molecule has 0 saturated heterocycles. The summed E-state index contributed by atoms with van der Waals surface area (Å²) in [5.74, 6) is -1.27. The molecule has 1 aromatic heterocycles. The zero-order valence-corrected chi connectivity index (χ0v) is 21.6.